The summed E-state index contributed by atoms with van der Waals surface area (Å²) in [5.74, 6) is 1.46. The highest BCUT2D eigenvalue weighted by Gasteiger charge is 2.21. The third kappa shape index (κ3) is 3.98. The van der Waals surface area contributed by atoms with Crippen LogP contribution >= 0.6 is 0 Å². The first kappa shape index (κ1) is 16.6. The van der Waals surface area contributed by atoms with Crippen LogP contribution in [0.4, 0.5) is 10.5 Å². The number of anilines is 1. The maximum Gasteiger partial charge on any atom is 0.320 e. The maximum atomic E-state index is 12.5. The number of carbonyl (C=O) groups excluding carboxylic acids is 1. The first-order valence-electron chi connectivity index (χ1n) is 7.91. The number of amides is 2. The Kier molecular flexibility index (Phi) is 4.99. The molecular weight excluding hydrogens is 316 g/mol. The third-order valence-electron chi connectivity index (χ3n) is 3.85. The number of hydrogen-bond acceptors (Lipinski definition) is 3. The number of para-hydroxylation sites is 1. The van der Waals surface area contributed by atoms with E-state index in [4.69, 9.17) is 4.74 Å². The predicted molar refractivity (Wildman–Crippen MR) is 96.6 cm³/mol. The normalized spacial score (nSPS) is 11.6. The van der Waals surface area contributed by atoms with Crippen molar-refractivity contribution in [2.45, 2.75) is 6.04 Å². The molecule has 0 radical (unpaired) electrons. The van der Waals surface area contributed by atoms with Gasteiger partial charge in [0.1, 0.15) is 17.6 Å². The molecule has 0 spiro atoms. The van der Waals surface area contributed by atoms with E-state index in [0.29, 0.717) is 0 Å². The molecule has 128 valence electrons. The van der Waals surface area contributed by atoms with Crippen molar-refractivity contribution in [3.63, 3.8) is 0 Å². The van der Waals surface area contributed by atoms with Gasteiger partial charge in [-0.3, -0.25) is 0 Å². The molecule has 0 aliphatic rings. The predicted octanol–water partition coefficient (Wildman–Crippen LogP) is 3.34. The van der Waals surface area contributed by atoms with Crippen LogP contribution in [0.5, 0.6) is 5.75 Å². The number of aromatic nitrogens is 2. The highest BCUT2D eigenvalue weighted by atomic mass is 16.5. The molecule has 0 aliphatic carbocycles. The second-order valence-corrected chi connectivity index (χ2v) is 5.57. The maximum absolute atomic E-state index is 12.5. The van der Waals surface area contributed by atoms with E-state index in [1.165, 1.54) is 0 Å². The summed E-state index contributed by atoms with van der Waals surface area (Å²) in [5.41, 5.74) is 1.61. The zero-order valence-corrected chi connectivity index (χ0v) is 14.1. The Morgan fingerprint density at radius 1 is 1.16 bits per heavy atom. The van der Waals surface area contributed by atoms with Crippen molar-refractivity contribution >= 4 is 11.7 Å². The fourth-order valence-electron chi connectivity index (χ4n) is 2.59. The van der Waals surface area contributed by atoms with Crippen molar-refractivity contribution in [2.75, 3.05) is 12.4 Å². The summed E-state index contributed by atoms with van der Waals surface area (Å²) in [5, 5.41) is 5.82. The van der Waals surface area contributed by atoms with Gasteiger partial charge >= 0.3 is 6.03 Å². The van der Waals surface area contributed by atoms with Gasteiger partial charge in [0.15, 0.2) is 0 Å². The molecule has 3 rings (SSSR count). The molecule has 6 nitrogen and oxygen atoms in total. The van der Waals surface area contributed by atoms with E-state index < -0.39 is 6.04 Å². The molecule has 3 aromatic rings. The Morgan fingerprint density at radius 2 is 1.96 bits per heavy atom. The summed E-state index contributed by atoms with van der Waals surface area (Å²) in [6.07, 6.45) is 3.55. The van der Waals surface area contributed by atoms with Crippen molar-refractivity contribution in [3.05, 3.63) is 78.4 Å². The number of hydrogen-bond donors (Lipinski definition) is 2. The average molecular weight is 336 g/mol. The van der Waals surface area contributed by atoms with Gasteiger partial charge < -0.3 is 19.9 Å². The Morgan fingerprint density at radius 3 is 2.64 bits per heavy atom. The number of methoxy groups -OCH3 is 1. The Hall–Kier alpha value is -3.28. The van der Waals surface area contributed by atoms with Crippen LogP contribution in [-0.2, 0) is 7.05 Å². The highest BCUT2D eigenvalue weighted by Crippen LogP contribution is 2.24. The standard InChI is InChI=1S/C19H20N4O2/c1-23-12-11-20-18(23)17(14-7-6-10-16(13-14)25-2)22-19(24)21-15-8-4-3-5-9-15/h3-13,17H,1-2H3,(H2,21,22,24). The molecule has 2 aromatic carbocycles. The van der Waals surface area contributed by atoms with Gasteiger partial charge in [-0.15, -0.1) is 0 Å². The van der Waals surface area contributed by atoms with E-state index in [0.717, 1.165) is 22.8 Å². The summed E-state index contributed by atoms with van der Waals surface area (Å²) in [4.78, 5) is 16.9. The van der Waals surface area contributed by atoms with Crippen LogP contribution < -0.4 is 15.4 Å². The van der Waals surface area contributed by atoms with Crippen LogP contribution in [0, 0.1) is 0 Å². The van der Waals surface area contributed by atoms with E-state index in [2.05, 4.69) is 15.6 Å². The molecular formula is C19H20N4O2. The lowest BCUT2D eigenvalue weighted by Crippen LogP contribution is -2.34. The molecule has 1 aromatic heterocycles. The minimum absolute atomic E-state index is 0.304. The summed E-state index contributed by atoms with van der Waals surface area (Å²) in [6, 6.07) is 16.2. The second kappa shape index (κ2) is 7.53. The second-order valence-electron chi connectivity index (χ2n) is 5.57. The van der Waals surface area contributed by atoms with E-state index >= 15 is 0 Å². The number of nitrogens with zero attached hydrogens (tertiary/aromatic N) is 2. The molecule has 1 heterocycles. The minimum Gasteiger partial charge on any atom is -0.497 e. The molecule has 0 saturated heterocycles. The largest absolute Gasteiger partial charge is 0.497 e. The van der Waals surface area contributed by atoms with Crippen LogP contribution in [0.15, 0.2) is 67.0 Å². The number of rotatable bonds is 5. The first-order valence-corrected chi connectivity index (χ1v) is 7.91. The molecule has 2 amide bonds. The molecule has 0 bridgehead atoms. The van der Waals surface area contributed by atoms with Crippen LogP contribution in [-0.4, -0.2) is 22.7 Å². The number of ether oxygens (including phenoxy) is 1. The zero-order chi connectivity index (χ0) is 17.6. The molecule has 0 fully saturated rings. The van der Waals surface area contributed by atoms with E-state index in [1.54, 1.807) is 13.3 Å². The number of urea groups is 1. The molecule has 0 saturated carbocycles. The van der Waals surface area contributed by atoms with Gasteiger partial charge in [-0.2, -0.15) is 0 Å². The fourth-order valence-corrected chi connectivity index (χ4v) is 2.59. The van der Waals surface area contributed by atoms with Crippen molar-refractivity contribution < 1.29 is 9.53 Å². The molecule has 0 aliphatic heterocycles. The topological polar surface area (TPSA) is 68.2 Å². The number of nitrogens with one attached hydrogen (secondary N) is 2. The third-order valence-corrected chi connectivity index (χ3v) is 3.85. The lowest BCUT2D eigenvalue weighted by Gasteiger charge is -2.20. The number of carbonyl (C=O) groups is 1. The SMILES string of the molecule is COc1cccc(C(NC(=O)Nc2ccccc2)c2nccn2C)c1. The summed E-state index contributed by atoms with van der Waals surface area (Å²) in [7, 11) is 3.51. The van der Waals surface area contributed by atoms with Crippen LogP contribution in [0.1, 0.15) is 17.4 Å². The van der Waals surface area contributed by atoms with E-state index in [1.807, 2.05) is 72.4 Å². The van der Waals surface area contributed by atoms with Gasteiger partial charge in [-0.1, -0.05) is 30.3 Å². The van der Waals surface area contributed by atoms with Gasteiger partial charge in [0, 0.05) is 25.1 Å². The Bertz CT molecular complexity index is 845. The lowest BCUT2D eigenvalue weighted by atomic mass is 10.1. The number of imidazole rings is 1. The van der Waals surface area contributed by atoms with Crippen LogP contribution in [0.25, 0.3) is 0 Å². The monoisotopic (exact) mass is 336 g/mol. The molecule has 25 heavy (non-hydrogen) atoms. The first-order chi connectivity index (χ1) is 12.2. The van der Waals surface area contributed by atoms with Gasteiger partial charge in [-0.25, -0.2) is 9.78 Å². The van der Waals surface area contributed by atoms with Crippen molar-refractivity contribution in [1.82, 2.24) is 14.9 Å². The molecule has 1 atom stereocenters. The number of benzene rings is 2. The smallest absolute Gasteiger partial charge is 0.320 e. The lowest BCUT2D eigenvalue weighted by molar-refractivity contribution is 0.249. The van der Waals surface area contributed by atoms with Gasteiger partial charge in [0.05, 0.1) is 7.11 Å². The molecule has 1 unspecified atom stereocenters. The van der Waals surface area contributed by atoms with Gasteiger partial charge in [0.2, 0.25) is 0 Å². The number of aryl methyl sites for hydroxylation is 1. The van der Waals surface area contributed by atoms with Crippen molar-refractivity contribution in [1.29, 1.82) is 0 Å². The zero-order valence-electron chi connectivity index (χ0n) is 14.1. The van der Waals surface area contributed by atoms with Crippen molar-refractivity contribution in [3.8, 4) is 5.75 Å². The van der Waals surface area contributed by atoms with Crippen molar-refractivity contribution in [2.24, 2.45) is 7.05 Å². The van der Waals surface area contributed by atoms with Crippen LogP contribution in [0.2, 0.25) is 0 Å². The average Bonchev–Trinajstić information content (AvgIpc) is 3.06. The van der Waals surface area contributed by atoms with Gasteiger partial charge in [-0.05, 0) is 29.8 Å². The molecule has 6 heteroatoms. The van der Waals surface area contributed by atoms with E-state index in [9.17, 15) is 4.79 Å². The quantitative estimate of drug-likeness (QED) is 0.751. The summed E-state index contributed by atoms with van der Waals surface area (Å²) < 4.78 is 7.18. The molecule has 2 N–H and O–H groups in total. The summed E-state index contributed by atoms with van der Waals surface area (Å²) >= 11 is 0. The highest BCUT2D eigenvalue weighted by molar-refractivity contribution is 5.89. The fraction of sp³-hybridized carbons (Fsp3) is 0.158. The Labute approximate surface area is 146 Å². The Balaban J connectivity index is 1.86. The van der Waals surface area contributed by atoms with Crippen LogP contribution in [0.3, 0.4) is 0 Å². The summed E-state index contributed by atoms with van der Waals surface area (Å²) in [6.45, 7) is 0. The minimum atomic E-state index is -0.404. The van der Waals surface area contributed by atoms with E-state index in [-0.39, 0.29) is 6.03 Å². The van der Waals surface area contributed by atoms with Gasteiger partial charge in [0.25, 0.3) is 0 Å².